The highest BCUT2D eigenvalue weighted by molar-refractivity contribution is 6.68. The lowest BCUT2D eigenvalue weighted by molar-refractivity contribution is -0.117. The number of amides is 1. The summed E-state index contributed by atoms with van der Waals surface area (Å²) in [7, 11) is 0. The number of carbonyl (C=O) groups is 1. The molecule has 3 nitrogen and oxygen atoms in total. The number of nitrogens with one attached hydrogen (secondary N) is 2. The van der Waals surface area contributed by atoms with Gasteiger partial charge in [0.25, 0.3) is 0 Å². The van der Waals surface area contributed by atoms with Crippen LogP contribution in [0.15, 0.2) is 36.4 Å². The maximum atomic E-state index is 11.8. The van der Waals surface area contributed by atoms with Crippen molar-refractivity contribution in [3.05, 3.63) is 42.0 Å². The van der Waals surface area contributed by atoms with Gasteiger partial charge in [0.2, 0.25) is 9.70 Å². The minimum Gasteiger partial charge on any atom is -0.333 e. The van der Waals surface area contributed by atoms with Gasteiger partial charge in [0, 0.05) is 12.1 Å². The molecule has 0 aliphatic rings. The van der Waals surface area contributed by atoms with Gasteiger partial charge >= 0.3 is 0 Å². The van der Waals surface area contributed by atoms with Crippen LogP contribution in [0.2, 0.25) is 0 Å². The van der Waals surface area contributed by atoms with Gasteiger partial charge in [-0.25, -0.2) is 0 Å². The summed E-state index contributed by atoms with van der Waals surface area (Å²) in [6.07, 6.45) is 2.33. The summed E-state index contributed by atoms with van der Waals surface area (Å²) in [5.41, 5.74) is 0.921. The summed E-state index contributed by atoms with van der Waals surface area (Å²) in [4.78, 5) is 11.8. The summed E-state index contributed by atoms with van der Waals surface area (Å²) in [5.74, 6) is -0.335. The van der Waals surface area contributed by atoms with E-state index in [2.05, 4.69) is 10.6 Å². The Labute approximate surface area is 134 Å². The van der Waals surface area contributed by atoms with E-state index in [-0.39, 0.29) is 11.9 Å². The van der Waals surface area contributed by atoms with Crippen molar-refractivity contribution in [2.24, 2.45) is 0 Å². The number of halogens is 3. The Morgan fingerprint density at radius 3 is 2.30 bits per heavy atom. The summed E-state index contributed by atoms with van der Waals surface area (Å²) >= 11 is 17.5. The monoisotopic (exact) mass is 334 g/mol. The van der Waals surface area contributed by atoms with Crippen LogP contribution < -0.4 is 10.6 Å². The first-order valence-corrected chi connectivity index (χ1v) is 7.29. The summed E-state index contributed by atoms with van der Waals surface area (Å²) < 4.78 is -1.62. The van der Waals surface area contributed by atoms with Crippen LogP contribution in [0.4, 0.5) is 0 Å². The van der Waals surface area contributed by atoms with Crippen LogP contribution in [0.25, 0.3) is 6.08 Å². The molecule has 1 aromatic carbocycles. The fraction of sp³-hybridized carbons (Fsp3) is 0.357. The Bertz CT molecular complexity index is 455. The van der Waals surface area contributed by atoms with Gasteiger partial charge in [0.05, 0.1) is 0 Å². The summed E-state index contributed by atoms with van der Waals surface area (Å²) in [5, 5.41) is 5.61. The van der Waals surface area contributed by atoms with Crippen LogP contribution in [0.3, 0.4) is 0 Å². The van der Waals surface area contributed by atoms with Crippen molar-refractivity contribution in [1.29, 1.82) is 0 Å². The SMILES string of the molecule is CC(C)N[C@@H](NC(=O)/C=C/c1ccccc1)C(Cl)(Cl)Cl. The Morgan fingerprint density at radius 2 is 1.80 bits per heavy atom. The number of hydrogen-bond acceptors (Lipinski definition) is 2. The number of carbonyl (C=O) groups excluding carboxylic acids is 1. The lowest BCUT2D eigenvalue weighted by Crippen LogP contribution is -2.55. The molecule has 6 heteroatoms. The average Bonchev–Trinajstić information content (AvgIpc) is 2.35. The van der Waals surface area contributed by atoms with Crippen LogP contribution in [-0.2, 0) is 4.79 Å². The molecule has 0 saturated carbocycles. The number of benzene rings is 1. The van der Waals surface area contributed by atoms with Gasteiger partial charge in [-0.3, -0.25) is 10.1 Å². The Balaban J connectivity index is 2.65. The van der Waals surface area contributed by atoms with Gasteiger partial charge in [0.15, 0.2) is 0 Å². The normalized spacial score (nSPS) is 13.7. The Morgan fingerprint density at radius 1 is 1.20 bits per heavy atom. The molecule has 0 radical (unpaired) electrons. The van der Waals surface area contributed by atoms with Crippen LogP contribution in [0.5, 0.6) is 0 Å². The fourth-order valence-corrected chi connectivity index (χ4v) is 1.83. The molecular formula is C14H17Cl3N2O. The van der Waals surface area contributed by atoms with Gasteiger partial charge < -0.3 is 5.32 Å². The van der Waals surface area contributed by atoms with Gasteiger partial charge in [-0.2, -0.15) is 0 Å². The molecule has 1 atom stereocenters. The van der Waals surface area contributed by atoms with E-state index in [1.807, 2.05) is 44.2 Å². The topological polar surface area (TPSA) is 41.1 Å². The molecule has 20 heavy (non-hydrogen) atoms. The first kappa shape index (κ1) is 17.3. The molecular weight excluding hydrogens is 319 g/mol. The van der Waals surface area contributed by atoms with Crippen LogP contribution in [0.1, 0.15) is 19.4 Å². The van der Waals surface area contributed by atoms with Crippen molar-refractivity contribution in [2.45, 2.75) is 29.8 Å². The second-order valence-corrected chi connectivity index (χ2v) is 6.92. The first-order chi connectivity index (χ1) is 9.29. The molecule has 110 valence electrons. The zero-order valence-electron chi connectivity index (χ0n) is 11.2. The predicted octanol–water partition coefficient (Wildman–Crippen LogP) is 3.51. The molecule has 1 amide bonds. The highest BCUT2D eigenvalue weighted by atomic mass is 35.6. The van der Waals surface area contributed by atoms with E-state index in [0.717, 1.165) is 5.56 Å². The standard InChI is InChI=1S/C14H17Cl3N2O/c1-10(2)18-13(14(15,16)17)19-12(20)9-8-11-6-4-3-5-7-11/h3-10,13,18H,1-2H3,(H,19,20)/b9-8+/t13-/m0/s1. The van der Waals surface area contributed by atoms with Gasteiger partial charge in [-0.15, -0.1) is 0 Å². The van der Waals surface area contributed by atoms with Crippen molar-refractivity contribution in [3.63, 3.8) is 0 Å². The lowest BCUT2D eigenvalue weighted by atomic mass is 10.2. The summed E-state index contributed by atoms with van der Waals surface area (Å²) in [6.45, 7) is 3.80. The Kier molecular flexibility index (Phi) is 6.83. The third-order valence-electron chi connectivity index (χ3n) is 2.34. The molecule has 0 unspecified atom stereocenters. The van der Waals surface area contributed by atoms with E-state index >= 15 is 0 Å². The maximum absolute atomic E-state index is 11.8. The van der Waals surface area contributed by atoms with Gasteiger partial charge in [0.1, 0.15) is 6.17 Å². The second-order valence-electron chi connectivity index (χ2n) is 4.55. The van der Waals surface area contributed by atoms with Crippen molar-refractivity contribution in [2.75, 3.05) is 0 Å². The van der Waals surface area contributed by atoms with E-state index in [9.17, 15) is 4.79 Å². The van der Waals surface area contributed by atoms with E-state index in [0.29, 0.717) is 0 Å². The van der Waals surface area contributed by atoms with Crippen molar-refractivity contribution in [1.82, 2.24) is 10.6 Å². The largest absolute Gasteiger partial charge is 0.333 e. The molecule has 0 saturated heterocycles. The predicted molar refractivity (Wildman–Crippen MR) is 86.0 cm³/mol. The average molecular weight is 336 g/mol. The minimum atomic E-state index is -1.62. The molecule has 0 spiro atoms. The third kappa shape index (κ3) is 6.62. The molecule has 0 bridgehead atoms. The molecule has 2 N–H and O–H groups in total. The molecule has 1 aromatic rings. The second kappa shape index (κ2) is 7.89. The Hall–Kier alpha value is -0.740. The molecule has 1 rings (SSSR count). The van der Waals surface area contributed by atoms with Crippen LogP contribution in [0, 0.1) is 0 Å². The van der Waals surface area contributed by atoms with Crippen molar-refractivity contribution >= 4 is 46.8 Å². The quantitative estimate of drug-likeness (QED) is 0.491. The molecule has 0 heterocycles. The zero-order chi connectivity index (χ0) is 15.2. The van der Waals surface area contributed by atoms with E-state index in [1.54, 1.807) is 6.08 Å². The van der Waals surface area contributed by atoms with Crippen LogP contribution >= 0.6 is 34.8 Å². The van der Waals surface area contributed by atoms with Crippen molar-refractivity contribution in [3.8, 4) is 0 Å². The van der Waals surface area contributed by atoms with E-state index in [1.165, 1.54) is 6.08 Å². The van der Waals surface area contributed by atoms with Crippen molar-refractivity contribution < 1.29 is 4.79 Å². The highest BCUT2D eigenvalue weighted by Gasteiger charge is 2.33. The van der Waals surface area contributed by atoms with Crippen LogP contribution in [-0.4, -0.2) is 21.9 Å². The maximum Gasteiger partial charge on any atom is 0.245 e. The summed E-state index contributed by atoms with van der Waals surface area (Å²) in [6, 6.07) is 9.53. The van der Waals surface area contributed by atoms with Gasteiger partial charge in [-0.1, -0.05) is 65.1 Å². The van der Waals surface area contributed by atoms with E-state index in [4.69, 9.17) is 34.8 Å². The third-order valence-corrected chi connectivity index (χ3v) is 3.00. The van der Waals surface area contributed by atoms with Gasteiger partial charge in [-0.05, 0) is 25.5 Å². The molecule has 0 aliphatic carbocycles. The lowest BCUT2D eigenvalue weighted by Gasteiger charge is -2.27. The smallest absolute Gasteiger partial charge is 0.245 e. The van der Waals surface area contributed by atoms with E-state index < -0.39 is 9.96 Å². The minimum absolute atomic E-state index is 0.0639. The first-order valence-electron chi connectivity index (χ1n) is 6.15. The molecule has 0 fully saturated rings. The number of rotatable bonds is 5. The fourth-order valence-electron chi connectivity index (χ4n) is 1.48. The highest BCUT2D eigenvalue weighted by Crippen LogP contribution is 2.29. The molecule has 0 aromatic heterocycles. The number of alkyl halides is 3. The molecule has 0 aliphatic heterocycles. The number of hydrogen-bond donors (Lipinski definition) is 2. The zero-order valence-corrected chi connectivity index (χ0v) is 13.5.